The first kappa shape index (κ1) is 11.0. The fraction of sp³-hybridized carbons (Fsp3) is 0.333. The number of hydroxylamine groups is 1. The van der Waals surface area contributed by atoms with Crippen LogP contribution < -0.4 is 5.48 Å². The summed E-state index contributed by atoms with van der Waals surface area (Å²) in [5.41, 5.74) is 4.78. The predicted molar refractivity (Wildman–Crippen MR) is 59.1 cm³/mol. The molecule has 0 bridgehead atoms. The van der Waals surface area contributed by atoms with Crippen molar-refractivity contribution < 1.29 is 5.21 Å². The number of nitrogens with one attached hydrogen (secondary N) is 1. The summed E-state index contributed by atoms with van der Waals surface area (Å²) < 4.78 is 0. The Hall–Kier alpha value is -1.12. The zero-order chi connectivity index (χ0) is 10.2. The maximum atomic E-state index is 8.45. The lowest BCUT2D eigenvalue weighted by atomic mass is 10.0. The fourth-order valence-electron chi connectivity index (χ4n) is 1.47. The van der Waals surface area contributed by atoms with E-state index in [1.165, 1.54) is 11.1 Å². The molecule has 2 N–H and O–H groups in total. The number of hydrogen-bond acceptors (Lipinski definition) is 2. The third kappa shape index (κ3) is 3.32. The first-order valence-corrected chi connectivity index (χ1v) is 4.96. The zero-order valence-corrected chi connectivity index (χ0v) is 8.53. The van der Waals surface area contributed by atoms with Crippen LogP contribution in [0.2, 0.25) is 0 Å². The average molecular weight is 191 g/mol. The molecule has 0 fully saturated rings. The van der Waals surface area contributed by atoms with Crippen LogP contribution in [0.5, 0.6) is 0 Å². The van der Waals surface area contributed by atoms with Gasteiger partial charge in [-0.15, -0.1) is 0 Å². The van der Waals surface area contributed by atoms with Crippen molar-refractivity contribution in [1.29, 1.82) is 0 Å². The van der Waals surface area contributed by atoms with E-state index in [4.69, 9.17) is 5.21 Å². The van der Waals surface area contributed by atoms with Crippen LogP contribution in [0.3, 0.4) is 0 Å². The van der Waals surface area contributed by atoms with Gasteiger partial charge in [-0.1, -0.05) is 36.4 Å². The van der Waals surface area contributed by atoms with Crippen molar-refractivity contribution in [3.63, 3.8) is 0 Å². The van der Waals surface area contributed by atoms with Crippen molar-refractivity contribution in [2.24, 2.45) is 0 Å². The Morgan fingerprint density at radius 1 is 1.36 bits per heavy atom. The number of rotatable bonds is 5. The Balaban J connectivity index is 2.56. The molecular formula is C12H17NO. The molecule has 1 aromatic rings. The molecule has 2 nitrogen and oxygen atoms in total. The van der Waals surface area contributed by atoms with Crippen molar-refractivity contribution in [1.82, 2.24) is 5.48 Å². The average Bonchev–Trinajstić information content (AvgIpc) is 2.26. The van der Waals surface area contributed by atoms with Crippen LogP contribution in [-0.4, -0.2) is 11.8 Å². The van der Waals surface area contributed by atoms with E-state index in [0.29, 0.717) is 6.54 Å². The molecule has 0 saturated heterocycles. The minimum atomic E-state index is 0.643. The molecule has 0 unspecified atom stereocenters. The van der Waals surface area contributed by atoms with Crippen molar-refractivity contribution in [2.75, 3.05) is 6.54 Å². The molecule has 76 valence electrons. The number of allylic oxidation sites excluding steroid dienone is 2. The van der Waals surface area contributed by atoms with Gasteiger partial charge in [0.25, 0.3) is 0 Å². The van der Waals surface area contributed by atoms with Crippen molar-refractivity contribution in [3.8, 4) is 0 Å². The van der Waals surface area contributed by atoms with Gasteiger partial charge in [0.1, 0.15) is 0 Å². The summed E-state index contributed by atoms with van der Waals surface area (Å²) in [7, 11) is 0. The minimum Gasteiger partial charge on any atom is -0.317 e. The van der Waals surface area contributed by atoms with Gasteiger partial charge in [-0.2, -0.15) is 0 Å². The summed E-state index contributed by atoms with van der Waals surface area (Å²) in [5, 5.41) is 8.45. The van der Waals surface area contributed by atoms with Gasteiger partial charge in [-0.05, 0) is 30.9 Å². The molecule has 0 saturated carbocycles. The zero-order valence-electron chi connectivity index (χ0n) is 8.53. The molecule has 2 heteroatoms. The van der Waals surface area contributed by atoms with Crippen LogP contribution in [0.25, 0.3) is 5.57 Å². The Bertz CT molecular complexity index is 280. The Morgan fingerprint density at radius 3 is 2.64 bits per heavy atom. The molecule has 0 aliphatic heterocycles. The van der Waals surface area contributed by atoms with Gasteiger partial charge < -0.3 is 5.21 Å². The van der Waals surface area contributed by atoms with Gasteiger partial charge in [0.2, 0.25) is 0 Å². The van der Waals surface area contributed by atoms with Crippen molar-refractivity contribution in [3.05, 3.63) is 42.0 Å². The fourth-order valence-corrected chi connectivity index (χ4v) is 1.47. The SMILES string of the molecule is C/C=C(/CCCNO)c1ccccc1. The highest BCUT2D eigenvalue weighted by atomic mass is 16.5. The summed E-state index contributed by atoms with van der Waals surface area (Å²) in [6.45, 7) is 2.69. The highest BCUT2D eigenvalue weighted by Crippen LogP contribution is 2.18. The Kier molecular flexibility index (Phi) is 4.97. The maximum absolute atomic E-state index is 8.45. The van der Waals surface area contributed by atoms with E-state index >= 15 is 0 Å². The second-order valence-electron chi connectivity index (χ2n) is 3.19. The van der Waals surface area contributed by atoms with Gasteiger partial charge in [0.15, 0.2) is 0 Å². The topological polar surface area (TPSA) is 32.3 Å². The molecule has 0 aliphatic carbocycles. The third-order valence-corrected chi connectivity index (χ3v) is 2.23. The second kappa shape index (κ2) is 6.35. The number of benzene rings is 1. The summed E-state index contributed by atoms with van der Waals surface area (Å²) in [5.74, 6) is 0. The smallest absolute Gasteiger partial charge is 0.0210 e. The molecule has 0 radical (unpaired) electrons. The predicted octanol–water partition coefficient (Wildman–Crippen LogP) is 2.85. The summed E-state index contributed by atoms with van der Waals surface area (Å²) >= 11 is 0. The first-order valence-electron chi connectivity index (χ1n) is 4.96. The highest BCUT2D eigenvalue weighted by Gasteiger charge is 1.98. The van der Waals surface area contributed by atoms with Crippen LogP contribution in [0.4, 0.5) is 0 Å². The van der Waals surface area contributed by atoms with E-state index in [2.05, 4.69) is 30.6 Å². The quantitative estimate of drug-likeness (QED) is 0.554. The number of hydrogen-bond donors (Lipinski definition) is 2. The standard InChI is InChI=1S/C12H17NO/c1-2-11(9-6-10-13-14)12-7-4-3-5-8-12/h2-5,7-8,13-14H,6,9-10H2,1H3/b11-2-. The lowest BCUT2D eigenvalue weighted by Crippen LogP contribution is -2.08. The normalized spacial score (nSPS) is 11.7. The van der Waals surface area contributed by atoms with E-state index in [9.17, 15) is 0 Å². The Labute approximate surface area is 85.2 Å². The van der Waals surface area contributed by atoms with Gasteiger partial charge >= 0.3 is 0 Å². The van der Waals surface area contributed by atoms with Crippen LogP contribution in [-0.2, 0) is 0 Å². The monoisotopic (exact) mass is 191 g/mol. The first-order chi connectivity index (χ1) is 6.88. The molecule has 14 heavy (non-hydrogen) atoms. The van der Waals surface area contributed by atoms with Crippen LogP contribution >= 0.6 is 0 Å². The molecule has 0 aliphatic rings. The van der Waals surface area contributed by atoms with E-state index < -0.39 is 0 Å². The maximum Gasteiger partial charge on any atom is 0.0210 e. The van der Waals surface area contributed by atoms with Crippen molar-refractivity contribution in [2.45, 2.75) is 19.8 Å². The second-order valence-corrected chi connectivity index (χ2v) is 3.19. The van der Waals surface area contributed by atoms with Crippen LogP contribution in [0.15, 0.2) is 36.4 Å². The molecule has 0 spiro atoms. The lowest BCUT2D eigenvalue weighted by molar-refractivity contribution is 0.166. The van der Waals surface area contributed by atoms with Gasteiger partial charge in [0, 0.05) is 6.54 Å². The van der Waals surface area contributed by atoms with Crippen LogP contribution in [0, 0.1) is 0 Å². The highest BCUT2D eigenvalue weighted by molar-refractivity contribution is 5.64. The van der Waals surface area contributed by atoms with E-state index in [-0.39, 0.29) is 0 Å². The van der Waals surface area contributed by atoms with Gasteiger partial charge in [0.05, 0.1) is 0 Å². The van der Waals surface area contributed by atoms with E-state index in [1.807, 2.05) is 18.2 Å². The van der Waals surface area contributed by atoms with Gasteiger partial charge in [-0.3, -0.25) is 0 Å². The van der Waals surface area contributed by atoms with E-state index in [1.54, 1.807) is 0 Å². The summed E-state index contributed by atoms with van der Waals surface area (Å²) in [6.07, 6.45) is 4.08. The molecule has 0 heterocycles. The summed E-state index contributed by atoms with van der Waals surface area (Å²) in [6, 6.07) is 10.3. The minimum absolute atomic E-state index is 0.643. The van der Waals surface area contributed by atoms with Gasteiger partial charge in [-0.25, -0.2) is 5.48 Å². The largest absolute Gasteiger partial charge is 0.317 e. The molecule has 0 atom stereocenters. The van der Waals surface area contributed by atoms with Crippen molar-refractivity contribution >= 4 is 5.57 Å². The molecule has 1 rings (SSSR count). The van der Waals surface area contributed by atoms with E-state index in [0.717, 1.165) is 12.8 Å². The third-order valence-electron chi connectivity index (χ3n) is 2.23. The molecule has 0 aromatic heterocycles. The molecule has 1 aromatic carbocycles. The van der Waals surface area contributed by atoms with Crippen LogP contribution in [0.1, 0.15) is 25.3 Å². The summed E-state index contributed by atoms with van der Waals surface area (Å²) in [4.78, 5) is 0. The lowest BCUT2D eigenvalue weighted by Gasteiger charge is -2.06. The Morgan fingerprint density at radius 2 is 2.07 bits per heavy atom. The molecule has 0 amide bonds. The molecular weight excluding hydrogens is 174 g/mol.